The largest absolute Gasteiger partial charge is 0.284 e. The number of anilines is 1. The first kappa shape index (κ1) is 20.1. The smallest absolute Gasteiger partial charge is 0.266 e. The molecule has 0 bridgehead atoms. The summed E-state index contributed by atoms with van der Waals surface area (Å²) >= 11 is 0. The zero-order valence-corrected chi connectivity index (χ0v) is 15.9. The summed E-state index contributed by atoms with van der Waals surface area (Å²) in [7, 11) is -4.00. The Morgan fingerprint density at radius 3 is 2.28 bits per heavy atom. The van der Waals surface area contributed by atoms with E-state index in [2.05, 4.69) is 5.29 Å². The van der Waals surface area contributed by atoms with Crippen molar-refractivity contribution in [2.24, 2.45) is 17.0 Å². The zero-order chi connectivity index (χ0) is 21.0. The molecule has 0 heterocycles. The molecular weight excluding hydrogens is 394 g/mol. The maximum atomic E-state index is 13.0. The van der Waals surface area contributed by atoms with Crippen LogP contribution in [0.25, 0.3) is 16.8 Å². The first-order valence-electron chi connectivity index (χ1n) is 8.32. The molecule has 29 heavy (non-hydrogen) atoms. The Bertz CT molecular complexity index is 1190. The van der Waals surface area contributed by atoms with Crippen LogP contribution in [-0.2, 0) is 14.8 Å². The van der Waals surface area contributed by atoms with Crippen molar-refractivity contribution in [1.82, 2.24) is 5.12 Å². The third-order valence-corrected chi connectivity index (χ3v) is 5.81. The van der Waals surface area contributed by atoms with E-state index in [0.717, 1.165) is 11.5 Å². The molecule has 0 spiro atoms. The molecule has 10 heteroatoms. The topological polar surface area (TPSA) is 139 Å². The second-order valence-corrected chi connectivity index (χ2v) is 7.75. The lowest BCUT2D eigenvalue weighted by Gasteiger charge is -2.20. The van der Waals surface area contributed by atoms with Gasteiger partial charge in [0.1, 0.15) is 0 Å². The van der Waals surface area contributed by atoms with Crippen LogP contribution in [0.5, 0.6) is 0 Å². The number of nitrogens with zero attached hydrogens (tertiary/aromatic N) is 3. The summed E-state index contributed by atoms with van der Waals surface area (Å²) in [6.07, 6.45) is 2.46. The highest BCUT2D eigenvalue weighted by atomic mass is 32.2. The van der Waals surface area contributed by atoms with Crippen LogP contribution in [0.3, 0.4) is 0 Å². The van der Waals surface area contributed by atoms with Gasteiger partial charge in [0.05, 0.1) is 15.9 Å². The van der Waals surface area contributed by atoms with Crippen molar-refractivity contribution < 1.29 is 13.2 Å². The molecule has 4 N–H and O–H groups in total. The Kier molecular flexibility index (Phi) is 5.69. The highest BCUT2D eigenvalue weighted by Gasteiger charge is 2.24. The number of benzene rings is 3. The Morgan fingerprint density at radius 1 is 0.931 bits per heavy atom. The molecule has 0 fully saturated rings. The number of hydrogen-bond acceptors (Lipinski definition) is 7. The maximum absolute atomic E-state index is 13.0. The molecule has 3 aromatic rings. The Morgan fingerprint density at radius 2 is 1.59 bits per heavy atom. The Hall–Kier alpha value is -3.60. The summed E-state index contributed by atoms with van der Waals surface area (Å²) in [5, 5.41) is 3.79. The second-order valence-electron chi connectivity index (χ2n) is 5.97. The number of hydrazine groups is 2. The van der Waals surface area contributed by atoms with Crippen LogP contribution < -0.4 is 16.1 Å². The average molecular weight is 411 g/mol. The van der Waals surface area contributed by atoms with E-state index in [1.54, 1.807) is 30.3 Å². The molecule has 0 aromatic heterocycles. The lowest BCUT2D eigenvalue weighted by atomic mass is 10.1. The number of amides is 1. The predicted molar refractivity (Wildman–Crippen MR) is 110 cm³/mol. The van der Waals surface area contributed by atoms with Crippen LogP contribution in [0, 0.1) is 4.91 Å². The fourth-order valence-corrected chi connectivity index (χ4v) is 4.01. The van der Waals surface area contributed by atoms with Gasteiger partial charge in [0.2, 0.25) is 0 Å². The van der Waals surface area contributed by atoms with Crippen molar-refractivity contribution >= 4 is 38.5 Å². The summed E-state index contributed by atoms with van der Waals surface area (Å²) in [4.78, 5) is 21.7. The van der Waals surface area contributed by atoms with Crippen LogP contribution in [0.2, 0.25) is 0 Å². The van der Waals surface area contributed by atoms with Crippen molar-refractivity contribution in [1.29, 1.82) is 0 Å². The van der Waals surface area contributed by atoms with E-state index in [1.165, 1.54) is 24.3 Å². The second kappa shape index (κ2) is 8.19. The normalized spacial score (nSPS) is 11.5. The summed E-state index contributed by atoms with van der Waals surface area (Å²) in [5.41, 5.74) is 0.800. The highest BCUT2D eigenvalue weighted by Crippen LogP contribution is 2.27. The SMILES string of the molecule is NN(N=O)C(=O)/C=C/c1ccc(N(N)S(=O)(=O)c2cccc3ccccc23)cc1. The van der Waals surface area contributed by atoms with Crippen molar-refractivity contribution in [3.8, 4) is 0 Å². The molecule has 0 aliphatic heterocycles. The molecule has 148 valence electrons. The van der Waals surface area contributed by atoms with E-state index in [0.29, 0.717) is 15.4 Å². The van der Waals surface area contributed by atoms with Crippen LogP contribution in [0.4, 0.5) is 5.69 Å². The molecule has 3 rings (SSSR count). The van der Waals surface area contributed by atoms with Gasteiger partial charge >= 0.3 is 0 Å². The van der Waals surface area contributed by atoms with Gasteiger partial charge in [-0.25, -0.2) is 16.1 Å². The van der Waals surface area contributed by atoms with E-state index in [4.69, 9.17) is 11.7 Å². The van der Waals surface area contributed by atoms with Crippen molar-refractivity contribution in [2.45, 2.75) is 4.90 Å². The highest BCUT2D eigenvalue weighted by molar-refractivity contribution is 7.93. The molecule has 0 saturated carbocycles. The molecule has 0 saturated heterocycles. The average Bonchev–Trinajstić information content (AvgIpc) is 2.76. The summed E-state index contributed by atoms with van der Waals surface area (Å²) < 4.78 is 26.8. The third kappa shape index (κ3) is 4.14. The number of carbonyl (C=O) groups is 1. The number of hydrogen-bond donors (Lipinski definition) is 2. The van der Waals surface area contributed by atoms with Crippen LogP contribution in [0.15, 0.2) is 83.0 Å². The number of sulfonamides is 1. The lowest BCUT2D eigenvalue weighted by Crippen LogP contribution is -2.37. The molecule has 0 radical (unpaired) electrons. The minimum atomic E-state index is -4.00. The summed E-state index contributed by atoms with van der Waals surface area (Å²) in [6.45, 7) is 0. The van der Waals surface area contributed by atoms with Crippen LogP contribution in [-0.4, -0.2) is 19.4 Å². The molecule has 0 aliphatic carbocycles. The molecule has 0 atom stereocenters. The monoisotopic (exact) mass is 411 g/mol. The van der Waals surface area contributed by atoms with Crippen molar-refractivity contribution in [2.75, 3.05) is 4.41 Å². The van der Waals surface area contributed by atoms with E-state index >= 15 is 0 Å². The van der Waals surface area contributed by atoms with Gasteiger partial charge in [-0.05, 0) is 35.2 Å². The minimum Gasteiger partial charge on any atom is -0.266 e. The first-order valence-corrected chi connectivity index (χ1v) is 9.76. The van der Waals surface area contributed by atoms with E-state index in [-0.39, 0.29) is 15.7 Å². The van der Waals surface area contributed by atoms with Crippen LogP contribution >= 0.6 is 0 Å². The predicted octanol–water partition coefficient (Wildman–Crippen LogP) is 2.31. The summed E-state index contributed by atoms with van der Waals surface area (Å²) in [5.74, 6) is 10.2. The standard InChI is InChI=1S/C19H17N5O4S/c20-23(22-26)19(25)13-10-14-8-11-16(12-9-14)24(21)29(27,28)18-7-3-5-15-4-1-2-6-17(15)18/h1-13H,20-21H2/b13-10+. The van der Waals surface area contributed by atoms with Gasteiger partial charge in [-0.3, -0.25) is 4.79 Å². The quantitative estimate of drug-likeness (QED) is 0.210. The van der Waals surface area contributed by atoms with Gasteiger partial charge in [0, 0.05) is 11.5 Å². The maximum Gasteiger partial charge on any atom is 0.284 e. The molecule has 0 unspecified atom stereocenters. The lowest BCUT2D eigenvalue weighted by molar-refractivity contribution is -0.126. The zero-order valence-electron chi connectivity index (χ0n) is 15.0. The van der Waals surface area contributed by atoms with E-state index in [9.17, 15) is 18.1 Å². The minimum absolute atomic E-state index is 0.0945. The molecule has 0 aliphatic rings. The number of rotatable bonds is 6. The van der Waals surface area contributed by atoms with Gasteiger partial charge < -0.3 is 0 Å². The number of fused-ring (bicyclic) bond motifs is 1. The number of nitroso groups, excluding NO2 is 1. The van der Waals surface area contributed by atoms with Crippen LogP contribution in [0.1, 0.15) is 5.56 Å². The van der Waals surface area contributed by atoms with Gasteiger partial charge in [-0.15, -0.1) is 10.0 Å². The molecule has 1 amide bonds. The Balaban J connectivity index is 1.88. The van der Waals surface area contributed by atoms with E-state index < -0.39 is 15.9 Å². The fraction of sp³-hybridized carbons (Fsp3) is 0. The first-order chi connectivity index (χ1) is 13.8. The van der Waals surface area contributed by atoms with Gasteiger partial charge in [-0.1, -0.05) is 48.5 Å². The third-order valence-electron chi connectivity index (χ3n) is 4.17. The molecule has 9 nitrogen and oxygen atoms in total. The van der Waals surface area contributed by atoms with Gasteiger partial charge in [0.25, 0.3) is 15.9 Å². The van der Waals surface area contributed by atoms with Gasteiger partial charge in [-0.2, -0.15) is 8.42 Å². The molecular formula is C19H17N5O4S. The Labute approximate surface area is 166 Å². The number of nitrogens with two attached hydrogens (primary N) is 2. The van der Waals surface area contributed by atoms with Gasteiger partial charge in [0.15, 0.2) is 0 Å². The molecule has 3 aromatic carbocycles. The summed E-state index contributed by atoms with van der Waals surface area (Å²) in [6, 6.07) is 18.2. The van der Waals surface area contributed by atoms with E-state index in [1.807, 2.05) is 18.2 Å². The number of carbonyl (C=O) groups excluding carboxylic acids is 1. The van der Waals surface area contributed by atoms with Crippen molar-refractivity contribution in [3.63, 3.8) is 0 Å². The van der Waals surface area contributed by atoms with Crippen molar-refractivity contribution in [3.05, 3.63) is 83.3 Å². The fourth-order valence-electron chi connectivity index (χ4n) is 2.68.